The van der Waals surface area contributed by atoms with Crippen LogP contribution in [0.5, 0.6) is 0 Å². The van der Waals surface area contributed by atoms with Gasteiger partial charge in [0.05, 0.1) is 6.21 Å². The van der Waals surface area contributed by atoms with Gasteiger partial charge in [-0.3, -0.25) is 9.59 Å². The maximum absolute atomic E-state index is 13.3. The van der Waals surface area contributed by atoms with Gasteiger partial charge in [0.2, 0.25) is 0 Å². The Hall–Kier alpha value is -2.24. The summed E-state index contributed by atoms with van der Waals surface area (Å²) >= 11 is 0. The van der Waals surface area contributed by atoms with Crippen LogP contribution in [-0.2, 0) is 9.59 Å². The fraction of sp³-hybridized carbons (Fsp3) is 0.400. The SMILES string of the molecule is CC1CCN(C(=O)C(=O)NN=Cc2ccccc2F)CC1. The van der Waals surface area contributed by atoms with E-state index in [1.54, 1.807) is 12.1 Å². The van der Waals surface area contributed by atoms with Crippen molar-refractivity contribution in [3.8, 4) is 0 Å². The van der Waals surface area contributed by atoms with E-state index in [1.165, 1.54) is 23.2 Å². The lowest BCUT2D eigenvalue weighted by atomic mass is 9.99. The van der Waals surface area contributed by atoms with E-state index in [-0.39, 0.29) is 5.56 Å². The number of carbonyl (C=O) groups excluding carboxylic acids is 2. The van der Waals surface area contributed by atoms with Crippen molar-refractivity contribution in [3.63, 3.8) is 0 Å². The molecule has 0 aliphatic carbocycles. The normalized spacial score (nSPS) is 16.2. The molecule has 1 heterocycles. The lowest BCUT2D eigenvalue weighted by molar-refractivity contribution is -0.146. The zero-order chi connectivity index (χ0) is 15.2. The summed E-state index contributed by atoms with van der Waals surface area (Å²) in [5, 5.41) is 3.62. The fourth-order valence-electron chi connectivity index (χ4n) is 2.14. The summed E-state index contributed by atoms with van der Waals surface area (Å²) < 4.78 is 13.3. The highest BCUT2D eigenvalue weighted by Crippen LogP contribution is 2.15. The number of benzene rings is 1. The standard InChI is InChI=1S/C15H18FN3O2/c1-11-6-8-19(9-7-11)15(21)14(20)18-17-10-12-4-2-3-5-13(12)16/h2-5,10-11H,6-9H2,1H3,(H,18,20). The Bertz CT molecular complexity index is 552. The number of piperidine rings is 1. The second-order valence-electron chi connectivity index (χ2n) is 5.20. The number of nitrogens with zero attached hydrogens (tertiary/aromatic N) is 2. The summed E-state index contributed by atoms with van der Waals surface area (Å²) in [7, 11) is 0. The van der Waals surface area contributed by atoms with E-state index in [0.29, 0.717) is 19.0 Å². The first kappa shape index (κ1) is 15.2. The van der Waals surface area contributed by atoms with E-state index in [0.717, 1.165) is 12.8 Å². The Kier molecular flexibility index (Phi) is 5.03. The van der Waals surface area contributed by atoms with Gasteiger partial charge >= 0.3 is 11.8 Å². The molecule has 0 radical (unpaired) electrons. The third-order valence-electron chi connectivity index (χ3n) is 3.54. The lowest BCUT2D eigenvalue weighted by Gasteiger charge is -2.29. The number of rotatable bonds is 2. The average Bonchev–Trinajstić information content (AvgIpc) is 2.49. The van der Waals surface area contributed by atoms with Crippen LogP contribution in [0.25, 0.3) is 0 Å². The predicted molar refractivity (Wildman–Crippen MR) is 77.1 cm³/mol. The predicted octanol–water partition coefficient (Wildman–Crippen LogP) is 1.53. The molecule has 2 rings (SSSR count). The van der Waals surface area contributed by atoms with E-state index in [4.69, 9.17) is 0 Å². The minimum absolute atomic E-state index is 0.247. The van der Waals surface area contributed by atoms with E-state index >= 15 is 0 Å². The van der Waals surface area contributed by atoms with Crippen LogP contribution in [-0.4, -0.2) is 36.0 Å². The zero-order valence-corrected chi connectivity index (χ0v) is 11.9. The number of likely N-dealkylation sites (tertiary alicyclic amines) is 1. The first-order valence-electron chi connectivity index (χ1n) is 6.94. The van der Waals surface area contributed by atoms with Crippen LogP contribution in [0.1, 0.15) is 25.3 Å². The lowest BCUT2D eigenvalue weighted by Crippen LogP contribution is -2.45. The smallest absolute Gasteiger partial charge is 0.329 e. The topological polar surface area (TPSA) is 61.8 Å². The van der Waals surface area contributed by atoms with Crippen molar-refractivity contribution in [2.75, 3.05) is 13.1 Å². The molecule has 1 aliphatic heterocycles. The second kappa shape index (κ2) is 6.97. The molecule has 1 aliphatic rings. The second-order valence-corrected chi connectivity index (χ2v) is 5.20. The molecule has 2 amide bonds. The number of hydrogen-bond acceptors (Lipinski definition) is 3. The van der Waals surface area contributed by atoms with Gasteiger partial charge in [-0.2, -0.15) is 5.10 Å². The molecule has 0 unspecified atom stereocenters. The van der Waals surface area contributed by atoms with Crippen molar-refractivity contribution in [3.05, 3.63) is 35.6 Å². The van der Waals surface area contributed by atoms with Gasteiger partial charge in [-0.05, 0) is 24.8 Å². The molecular formula is C15H18FN3O2. The first-order valence-corrected chi connectivity index (χ1v) is 6.94. The Morgan fingerprint density at radius 1 is 1.33 bits per heavy atom. The summed E-state index contributed by atoms with van der Waals surface area (Å²) in [6.07, 6.45) is 2.98. The molecule has 1 saturated heterocycles. The number of amides is 2. The molecule has 0 spiro atoms. The quantitative estimate of drug-likeness (QED) is 0.510. The summed E-state index contributed by atoms with van der Waals surface area (Å²) in [4.78, 5) is 25.1. The molecule has 0 aromatic heterocycles. The van der Waals surface area contributed by atoms with Crippen LogP contribution < -0.4 is 5.43 Å². The largest absolute Gasteiger partial charge is 0.334 e. The molecule has 0 saturated carbocycles. The first-order chi connectivity index (χ1) is 10.1. The van der Waals surface area contributed by atoms with Gasteiger partial charge in [-0.25, -0.2) is 9.82 Å². The molecule has 1 aromatic carbocycles. The van der Waals surface area contributed by atoms with Crippen LogP contribution in [0, 0.1) is 11.7 Å². The van der Waals surface area contributed by atoms with Crippen molar-refractivity contribution >= 4 is 18.0 Å². The molecule has 1 aromatic rings. The molecule has 5 nitrogen and oxygen atoms in total. The maximum Gasteiger partial charge on any atom is 0.329 e. The van der Waals surface area contributed by atoms with Crippen molar-refractivity contribution in [1.29, 1.82) is 0 Å². The van der Waals surface area contributed by atoms with E-state index < -0.39 is 17.6 Å². The maximum atomic E-state index is 13.3. The Balaban J connectivity index is 1.87. The van der Waals surface area contributed by atoms with E-state index in [1.807, 2.05) is 0 Å². The van der Waals surface area contributed by atoms with Crippen LogP contribution in [0.2, 0.25) is 0 Å². The van der Waals surface area contributed by atoms with Crippen molar-refractivity contribution in [2.45, 2.75) is 19.8 Å². The third-order valence-corrected chi connectivity index (χ3v) is 3.54. The fourth-order valence-corrected chi connectivity index (χ4v) is 2.14. The average molecular weight is 291 g/mol. The highest BCUT2D eigenvalue weighted by atomic mass is 19.1. The van der Waals surface area contributed by atoms with Gasteiger partial charge < -0.3 is 4.90 Å². The summed E-state index contributed by atoms with van der Waals surface area (Å²) in [5.41, 5.74) is 2.39. The van der Waals surface area contributed by atoms with Gasteiger partial charge in [0.15, 0.2) is 0 Å². The van der Waals surface area contributed by atoms with Crippen LogP contribution in [0.15, 0.2) is 29.4 Å². The van der Waals surface area contributed by atoms with Crippen molar-refractivity contribution < 1.29 is 14.0 Å². The van der Waals surface area contributed by atoms with Gasteiger partial charge in [-0.15, -0.1) is 0 Å². The van der Waals surface area contributed by atoms with Gasteiger partial charge in [0.1, 0.15) is 5.82 Å². The highest BCUT2D eigenvalue weighted by Gasteiger charge is 2.25. The third kappa shape index (κ3) is 4.11. The minimum Gasteiger partial charge on any atom is -0.334 e. The van der Waals surface area contributed by atoms with Crippen LogP contribution in [0.4, 0.5) is 4.39 Å². The summed E-state index contributed by atoms with van der Waals surface area (Å²) in [6.45, 7) is 3.30. The molecule has 6 heteroatoms. The van der Waals surface area contributed by atoms with Gasteiger partial charge in [-0.1, -0.05) is 25.1 Å². The van der Waals surface area contributed by atoms with Crippen molar-refractivity contribution in [1.82, 2.24) is 10.3 Å². The highest BCUT2D eigenvalue weighted by molar-refractivity contribution is 6.35. The molecule has 0 bridgehead atoms. The van der Waals surface area contributed by atoms with Crippen LogP contribution >= 0.6 is 0 Å². The van der Waals surface area contributed by atoms with Crippen molar-refractivity contribution in [2.24, 2.45) is 11.0 Å². The molecule has 21 heavy (non-hydrogen) atoms. The Morgan fingerprint density at radius 2 is 2.00 bits per heavy atom. The number of carbonyl (C=O) groups is 2. The number of hydrazone groups is 1. The monoisotopic (exact) mass is 291 g/mol. The van der Waals surface area contributed by atoms with Crippen LogP contribution in [0.3, 0.4) is 0 Å². The molecule has 112 valence electrons. The summed E-state index contributed by atoms with van der Waals surface area (Å²) in [6, 6.07) is 6.04. The number of halogens is 1. The number of nitrogens with one attached hydrogen (secondary N) is 1. The molecule has 1 fully saturated rings. The van der Waals surface area contributed by atoms with Gasteiger partial charge in [0.25, 0.3) is 0 Å². The van der Waals surface area contributed by atoms with E-state index in [9.17, 15) is 14.0 Å². The van der Waals surface area contributed by atoms with Gasteiger partial charge in [0, 0.05) is 18.7 Å². The minimum atomic E-state index is -0.794. The zero-order valence-electron chi connectivity index (χ0n) is 11.9. The molecule has 0 atom stereocenters. The summed E-state index contributed by atoms with van der Waals surface area (Å²) in [5.74, 6) is -1.24. The Labute approximate surface area is 122 Å². The molecule has 1 N–H and O–H groups in total. The number of hydrogen-bond donors (Lipinski definition) is 1. The molecular weight excluding hydrogens is 273 g/mol. The Morgan fingerprint density at radius 3 is 2.67 bits per heavy atom. The van der Waals surface area contributed by atoms with E-state index in [2.05, 4.69) is 17.5 Å².